The Morgan fingerprint density at radius 3 is 2.78 bits per heavy atom. The van der Waals surface area contributed by atoms with Gasteiger partial charge in [0.15, 0.2) is 0 Å². The molecule has 2 nitrogen and oxygen atoms in total. The highest BCUT2D eigenvalue weighted by Gasteiger charge is 2.22. The van der Waals surface area contributed by atoms with Crippen molar-refractivity contribution in [2.24, 2.45) is 0 Å². The van der Waals surface area contributed by atoms with Gasteiger partial charge in [-0.15, -0.1) is 12.4 Å². The van der Waals surface area contributed by atoms with Crippen LogP contribution in [0.25, 0.3) is 0 Å². The first-order valence-corrected chi connectivity index (χ1v) is 6.42. The second-order valence-corrected chi connectivity index (χ2v) is 5.24. The normalized spacial score (nSPS) is 19.1. The first kappa shape index (κ1) is 15.8. The van der Waals surface area contributed by atoms with Crippen molar-refractivity contribution in [2.75, 3.05) is 20.1 Å². The molecule has 1 unspecified atom stereocenters. The standard InChI is InChI=1S/C12H15BrF2N2.ClH/c1-17(8-4-5-16-6-8)7-9-11(14)3-2-10(13)12(9)15;/h2-3,8,16H,4-7H2,1H3;1H. The first-order valence-electron chi connectivity index (χ1n) is 5.63. The van der Waals surface area contributed by atoms with Crippen molar-refractivity contribution in [3.8, 4) is 0 Å². The zero-order chi connectivity index (χ0) is 12.4. The van der Waals surface area contributed by atoms with E-state index in [4.69, 9.17) is 0 Å². The fraction of sp³-hybridized carbons (Fsp3) is 0.500. The average Bonchev–Trinajstić information content (AvgIpc) is 2.83. The van der Waals surface area contributed by atoms with Crippen molar-refractivity contribution in [3.05, 3.63) is 33.8 Å². The largest absolute Gasteiger partial charge is 0.315 e. The molecule has 1 aliphatic heterocycles. The molecule has 2 rings (SSSR count). The van der Waals surface area contributed by atoms with E-state index in [0.717, 1.165) is 19.5 Å². The molecule has 0 radical (unpaired) electrons. The van der Waals surface area contributed by atoms with Crippen molar-refractivity contribution < 1.29 is 8.78 Å². The Morgan fingerprint density at radius 1 is 1.44 bits per heavy atom. The minimum absolute atomic E-state index is 0. The maximum Gasteiger partial charge on any atom is 0.144 e. The van der Waals surface area contributed by atoms with Gasteiger partial charge in [-0.3, -0.25) is 4.90 Å². The monoisotopic (exact) mass is 340 g/mol. The summed E-state index contributed by atoms with van der Waals surface area (Å²) in [5.74, 6) is -0.980. The van der Waals surface area contributed by atoms with Crippen LogP contribution < -0.4 is 5.32 Å². The molecule has 0 aliphatic carbocycles. The van der Waals surface area contributed by atoms with Gasteiger partial charge in [-0.1, -0.05) is 0 Å². The van der Waals surface area contributed by atoms with E-state index in [0.29, 0.717) is 17.1 Å². The highest BCUT2D eigenvalue weighted by atomic mass is 79.9. The summed E-state index contributed by atoms with van der Waals surface area (Å²) in [5, 5.41) is 3.24. The molecule has 0 amide bonds. The van der Waals surface area contributed by atoms with Gasteiger partial charge in [0.2, 0.25) is 0 Å². The lowest BCUT2D eigenvalue weighted by molar-refractivity contribution is 0.241. The molecule has 1 aliphatic rings. The molecule has 1 fully saturated rings. The van der Waals surface area contributed by atoms with Crippen LogP contribution >= 0.6 is 28.3 Å². The first-order chi connectivity index (χ1) is 8.09. The van der Waals surface area contributed by atoms with E-state index in [-0.39, 0.29) is 18.0 Å². The molecule has 6 heteroatoms. The number of rotatable bonds is 3. The molecule has 0 saturated carbocycles. The molecule has 1 aromatic carbocycles. The predicted octanol–water partition coefficient (Wildman–Crippen LogP) is 2.94. The van der Waals surface area contributed by atoms with Crippen LogP contribution in [0.15, 0.2) is 16.6 Å². The molecular weight excluding hydrogens is 325 g/mol. The van der Waals surface area contributed by atoms with Crippen molar-refractivity contribution in [1.82, 2.24) is 10.2 Å². The molecule has 0 bridgehead atoms. The van der Waals surface area contributed by atoms with Crippen molar-refractivity contribution in [1.29, 1.82) is 0 Å². The smallest absolute Gasteiger partial charge is 0.144 e. The van der Waals surface area contributed by atoms with Crippen LogP contribution in [0, 0.1) is 11.6 Å². The quantitative estimate of drug-likeness (QED) is 0.851. The number of hydrogen-bond donors (Lipinski definition) is 1. The zero-order valence-corrected chi connectivity index (χ0v) is 12.5. The Kier molecular flexibility index (Phi) is 5.98. The number of likely N-dealkylation sites (N-methyl/N-ethyl adjacent to an activating group) is 1. The van der Waals surface area contributed by atoms with Crippen molar-refractivity contribution in [3.63, 3.8) is 0 Å². The van der Waals surface area contributed by atoms with Gasteiger partial charge in [0, 0.05) is 24.7 Å². The van der Waals surface area contributed by atoms with E-state index in [1.54, 1.807) is 0 Å². The van der Waals surface area contributed by atoms with E-state index in [1.807, 2.05) is 11.9 Å². The number of benzene rings is 1. The van der Waals surface area contributed by atoms with Gasteiger partial charge in [0.05, 0.1) is 4.47 Å². The van der Waals surface area contributed by atoms with Crippen LogP contribution in [0.5, 0.6) is 0 Å². The van der Waals surface area contributed by atoms with Gasteiger partial charge in [0.1, 0.15) is 11.6 Å². The van der Waals surface area contributed by atoms with Crippen molar-refractivity contribution >= 4 is 28.3 Å². The maximum atomic E-state index is 13.8. The summed E-state index contributed by atoms with van der Waals surface area (Å²) in [6, 6.07) is 3.04. The summed E-state index contributed by atoms with van der Waals surface area (Å²) in [7, 11) is 1.90. The summed E-state index contributed by atoms with van der Waals surface area (Å²) >= 11 is 3.08. The van der Waals surface area contributed by atoms with Crippen LogP contribution in [0.3, 0.4) is 0 Å². The minimum Gasteiger partial charge on any atom is -0.315 e. The summed E-state index contributed by atoms with van der Waals surface area (Å²) in [4.78, 5) is 1.99. The fourth-order valence-electron chi connectivity index (χ4n) is 2.11. The lowest BCUT2D eigenvalue weighted by atomic mass is 10.1. The Balaban J connectivity index is 0.00000162. The molecule has 0 spiro atoms. The molecule has 1 saturated heterocycles. The van der Waals surface area contributed by atoms with Crippen LogP contribution in [0.1, 0.15) is 12.0 Å². The van der Waals surface area contributed by atoms with Crippen LogP contribution in [0.4, 0.5) is 8.78 Å². The highest BCUT2D eigenvalue weighted by Crippen LogP contribution is 2.23. The van der Waals surface area contributed by atoms with Gasteiger partial charge in [-0.2, -0.15) is 0 Å². The van der Waals surface area contributed by atoms with Gasteiger partial charge in [-0.25, -0.2) is 8.78 Å². The second-order valence-electron chi connectivity index (χ2n) is 4.38. The Morgan fingerprint density at radius 2 is 2.17 bits per heavy atom. The van der Waals surface area contributed by atoms with Crippen molar-refractivity contribution in [2.45, 2.75) is 19.0 Å². The van der Waals surface area contributed by atoms with Gasteiger partial charge < -0.3 is 5.32 Å². The third-order valence-corrected chi connectivity index (χ3v) is 3.82. The van der Waals surface area contributed by atoms with Crippen LogP contribution in [-0.4, -0.2) is 31.1 Å². The summed E-state index contributed by atoms with van der Waals surface area (Å²) in [6.45, 7) is 2.15. The molecular formula is C12H16BrClF2N2. The molecule has 1 aromatic rings. The number of nitrogens with one attached hydrogen (secondary N) is 1. The lowest BCUT2D eigenvalue weighted by Gasteiger charge is -2.24. The molecule has 0 aromatic heterocycles. The van der Waals surface area contributed by atoms with E-state index >= 15 is 0 Å². The summed E-state index contributed by atoms with van der Waals surface area (Å²) in [5.41, 5.74) is 0.133. The van der Waals surface area contributed by atoms with Gasteiger partial charge >= 0.3 is 0 Å². The highest BCUT2D eigenvalue weighted by molar-refractivity contribution is 9.10. The average molecular weight is 342 g/mol. The number of hydrogen-bond acceptors (Lipinski definition) is 2. The summed E-state index contributed by atoms with van der Waals surface area (Å²) in [6.07, 6.45) is 1.02. The fourth-order valence-corrected chi connectivity index (χ4v) is 2.48. The molecule has 18 heavy (non-hydrogen) atoms. The third kappa shape index (κ3) is 3.41. The zero-order valence-electron chi connectivity index (χ0n) is 10.0. The van der Waals surface area contributed by atoms with E-state index in [9.17, 15) is 8.78 Å². The number of nitrogens with zero attached hydrogens (tertiary/aromatic N) is 1. The Hall–Kier alpha value is -0.230. The maximum absolute atomic E-state index is 13.8. The lowest BCUT2D eigenvalue weighted by Crippen LogP contribution is -2.33. The van der Waals surface area contributed by atoms with E-state index in [1.165, 1.54) is 12.1 Å². The molecule has 1 atom stereocenters. The molecule has 1 N–H and O–H groups in total. The Bertz CT molecular complexity index is 411. The molecule has 1 heterocycles. The van der Waals surface area contributed by atoms with E-state index < -0.39 is 11.6 Å². The van der Waals surface area contributed by atoms with Crippen LogP contribution in [-0.2, 0) is 6.54 Å². The SMILES string of the molecule is CN(Cc1c(F)ccc(Br)c1F)C1CCNC1.Cl. The molecule has 102 valence electrons. The summed E-state index contributed by atoms with van der Waals surface area (Å²) < 4.78 is 27.7. The van der Waals surface area contributed by atoms with E-state index in [2.05, 4.69) is 21.2 Å². The topological polar surface area (TPSA) is 15.3 Å². The third-order valence-electron chi connectivity index (χ3n) is 3.20. The van der Waals surface area contributed by atoms with Gasteiger partial charge in [0.25, 0.3) is 0 Å². The second kappa shape index (κ2) is 6.80. The van der Waals surface area contributed by atoms with Crippen LogP contribution in [0.2, 0.25) is 0 Å². The minimum atomic E-state index is -0.497. The number of halogens is 4. The Labute approximate surface area is 120 Å². The predicted molar refractivity (Wildman–Crippen MR) is 74.0 cm³/mol. The van der Waals surface area contributed by atoms with Gasteiger partial charge in [-0.05, 0) is 48.1 Å².